The molecule has 2 heterocycles. The van der Waals surface area contributed by atoms with Crippen LogP contribution in [0.5, 0.6) is 0 Å². The molecule has 0 radical (unpaired) electrons. The summed E-state index contributed by atoms with van der Waals surface area (Å²) in [7, 11) is 0. The average molecular weight is 1260 g/mol. The van der Waals surface area contributed by atoms with Crippen molar-refractivity contribution in [1.29, 1.82) is 0 Å². The average Bonchev–Trinajstić information content (AvgIpc) is 2.09. The van der Waals surface area contributed by atoms with E-state index in [-0.39, 0.29) is 30.8 Å². The molecule has 0 saturated carbocycles. The van der Waals surface area contributed by atoms with Gasteiger partial charge in [-0.25, -0.2) is 23.7 Å². The van der Waals surface area contributed by atoms with Gasteiger partial charge in [0.15, 0.2) is 0 Å². The minimum absolute atomic E-state index is 0.213. The highest BCUT2D eigenvalue weighted by Gasteiger charge is 2.39. The van der Waals surface area contributed by atoms with E-state index < -0.39 is 53.7 Å². The van der Waals surface area contributed by atoms with Gasteiger partial charge < -0.3 is 57.9 Å². The van der Waals surface area contributed by atoms with Gasteiger partial charge >= 0.3 is 30.4 Å². The van der Waals surface area contributed by atoms with Gasteiger partial charge in [-0.2, -0.15) is 36.5 Å². The van der Waals surface area contributed by atoms with Gasteiger partial charge in [0.25, 0.3) is 23.6 Å². The summed E-state index contributed by atoms with van der Waals surface area (Å²) < 4.78 is 71.8. The molecular weight excluding hydrogens is 1210 g/mol. The Kier molecular flexibility index (Phi) is 26.4. The summed E-state index contributed by atoms with van der Waals surface area (Å²) in [6, 6.07) is 22.9. The lowest BCUT2D eigenvalue weighted by Crippen LogP contribution is -2.37. The minimum Gasteiger partial charge on any atom is -0.475 e. The molecule has 11 N–H and O–H groups in total. The standard InChI is InChI=1S/C28H31ClN6O5.C23H23ClN6O3.2C2HF3O2/c1-6-24(36)33-20-13-19(29)14-21(15-20)34-26(38)23-16-32-35(17(23)2)22-9-7-18(8-10-22)25(37)30-11-12-31-27(39)40-28(3,4)5;1-3-21(31)28-17-10-16(24)11-18(12-17)29-23(33)20-13-27-30(14(20)2)19-6-4-15(5-7-19)22(32)26-9-8-25;2*3-2(4,5)1(6)7/h6-10,13-16H,1,11-12H2,2-5H3,(H,30,37)(H,31,39)(H,33,36)(H,34,38);3-7,10-13H,1,8-9,25H2,2H3,(H,26,32)(H,28,31)(H,29,33);2*(H,6,7). The van der Waals surface area contributed by atoms with E-state index in [1.165, 1.54) is 12.4 Å². The second kappa shape index (κ2) is 32.3. The van der Waals surface area contributed by atoms with Crippen LogP contribution in [0, 0.1) is 13.8 Å². The maximum Gasteiger partial charge on any atom is 0.490 e. The fourth-order valence-electron chi connectivity index (χ4n) is 6.59. The Balaban J connectivity index is 0.000000376. The molecule has 0 fully saturated rings. The first-order valence-electron chi connectivity index (χ1n) is 24.8. The maximum atomic E-state index is 13.0. The van der Waals surface area contributed by atoms with E-state index in [1.54, 1.807) is 129 Å². The largest absolute Gasteiger partial charge is 0.490 e. The van der Waals surface area contributed by atoms with Crippen LogP contribution in [0.1, 0.15) is 73.6 Å². The number of carboxylic acids is 2. The van der Waals surface area contributed by atoms with Crippen LogP contribution in [-0.4, -0.2) is 127 Å². The SMILES string of the molecule is C=CC(=O)Nc1cc(Cl)cc(NC(=O)c2cnn(-c3ccc(C(=O)NCCN)cc3)c2C)c1.C=CC(=O)Nc1cc(Cl)cc(NC(=O)c2cnn(-c3ccc(C(=O)NCCNC(=O)OC(C)(C)C)cc3)c2C)c1.O=C(O)C(F)(F)F.O=C(O)C(F)(F)F. The second-order valence-corrected chi connectivity index (χ2v) is 19.2. The van der Waals surface area contributed by atoms with Crippen LogP contribution in [0.2, 0.25) is 10.0 Å². The van der Waals surface area contributed by atoms with Crippen LogP contribution in [0.4, 0.5) is 53.9 Å². The van der Waals surface area contributed by atoms with Crippen LogP contribution in [0.25, 0.3) is 11.4 Å². The lowest BCUT2D eigenvalue weighted by atomic mass is 10.2. The van der Waals surface area contributed by atoms with Gasteiger partial charge in [-0.05, 0) is 132 Å². The molecule has 464 valence electrons. The molecule has 0 aliphatic rings. The van der Waals surface area contributed by atoms with Crippen LogP contribution < -0.4 is 43.0 Å². The number of ether oxygens (including phenoxy) is 1. The maximum absolute atomic E-state index is 13.0. The van der Waals surface area contributed by atoms with Crippen molar-refractivity contribution >= 4 is 99.4 Å². The van der Waals surface area contributed by atoms with Crippen LogP contribution in [-0.2, 0) is 23.9 Å². The van der Waals surface area contributed by atoms with E-state index in [1.807, 2.05) is 0 Å². The third kappa shape index (κ3) is 23.8. The van der Waals surface area contributed by atoms with E-state index in [0.29, 0.717) is 90.9 Å². The zero-order valence-corrected chi connectivity index (χ0v) is 48.0. The quantitative estimate of drug-likeness (QED) is 0.0232. The second-order valence-electron chi connectivity index (χ2n) is 18.3. The van der Waals surface area contributed by atoms with Gasteiger partial charge in [0, 0.05) is 70.1 Å². The number of anilines is 4. The van der Waals surface area contributed by atoms with Gasteiger partial charge in [-0.1, -0.05) is 36.4 Å². The summed E-state index contributed by atoms with van der Waals surface area (Å²) in [6.45, 7) is 16.8. The van der Waals surface area contributed by atoms with Gasteiger partial charge in [0.1, 0.15) is 5.60 Å². The molecule has 0 saturated heterocycles. The van der Waals surface area contributed by atoms with Gasteiger partial charge in [-0.3, -0.25) is 28.8 Å². The van der Waals surface area contributed by atoms with Gasteiger partial charge in [-0.15, -0.1) is 0 Å². The van der Waals surface area contributed by atoms with Crippen molar-refractivity contribution in [3.63, 3.8) is 0 Å². The van der Waals surface area contributed by atoms with E-state index in [9.17, 15) is 59.9 Å². The molecule has 32 heteroatoms. The summed E-state index contributed by atoms with van der Waals surface area (Å²) >= 11 is 12.2. The van der Waals surface area contributed by atoms with Crippen molar-refractivity contribution in [3.8, 4) is 11.4 Å². The Morgan fingerprint density at radius 3 is 1.18 bits per heavy atom. The van der Waals surface area contributed by atoms with Crippen molar-refractivity contribution in [2.75, 3.05) is 47.4 Å². The fourth-order valence-corrected chi connectivity index (χ4v) is 7.06. The Morgan fingerprint density at radius 1 is 0.552 bits per heavy atom. The molecule has 0 aliphatic heterocycles. The number of carbonyl (C=O) groups excluding carboxylic acids is 7. The van der Waals surface area contributed by atoms with E-state index >= 15 is 0 Å². The summed E-state index contributed by atoms with van der Waals surface area (Å²) in [5, 5.41) is 42.3. The fraction of sp³-hybridized carbons (Fsp3) is 0.218. The third-order valence-electron chi connectivity index (χ3n) is 10.5. The molecule has 0 aliphatic carbocycles. The zero-order chi connectivity index (χ0) is 65.6. The number of hydrogen-bond acceptors (Lipinski definition) is 13. The molecule has 0 bridgehead atoms. The highest BCUT2D eigenvalue weighted by molar-refractivity contribution is 6.32. The van der Waals surface area contributed by atoms with Crippen LogP contribution in [0.3, 0.4) is 0 Å². The Labute approximate surface area is 501 Å². The van der Waals surface area contributed by atoms with Crippen molar-refractivity contribution in [3.05, 3.63) is 166 Å². The highest BCUT2D eigenvalue weighted by atomic mass is 35.5. The van der Waals surface area contributed by atoms with Crippen LogP contribution in [0.15, 0.2) is 123 Å². The number of hydrogen-bond donors (Lipinski definition) is 10. The molecule has 0 unspecified atom stereocenters. The van der Waals surface area contributed by atoms with Crippen molar-refractivity contribution in [1.82, 2.24) is 35.5 Å². The monoisotopic (exact) mass is 1260 g/mol. The lowest BCUT2D eigenvalue weighted by Gasteiger charge is -2.19. The molecule has 0 atom stereocenters. The number of aliphatic carboxylic acids is 2. The number of benzene rings is 4. The molecule has 87 heavy (non-hydrogen) atoms. The smallest absolute Gasteiger partial charge is 0.475 e. The molecule has 24 nitrogen and oxygen atoms in total. The number of rotatable bonds is 17. The van der Waals surface area contributed by atoms with E-state index in [0.717, 1.165) is 12.2 Å². The zero-order valence-electron chi connectivity index (χ0n) is 46.5. The third-order valence-corrected chi connectivity index (χ3v) is 10.9. The Bertz CT molecular complexity index is 3470. The Morgan fingerprint density at radius 2 is 0.874 bits per heavy atom. The topological polar surface area (TPSA) is 349 Å². The number of alkyl halides is 6. The number of aromatic nitrogens is 4. The molecular formula is C55H56Cl2F6N12O12. The lowest BCUT2D eigenvalue weighted by molar-refractivity contribution is -0.193. The normalized spacial score (nSPS) is 10.7. The highest BCUT2D eigenvalue weighted by Crippen LogP contribution is 2.26. The molecule has 6 rings (SSSR count). The summed E-state index contributed by atoms with van der Waals surface area (Å²) in [4.78, 5) is 103. The first-order valence-corrected chi connectivity index (χ1v) is 25.6. The predicted octanol–water partition coefficient (Wildman–Crippen LogP) is 8.63. The van der Waals surface area contributed by atoms with Crippen LogP contribution >= 0.6 is 23.2 Å². The minimum atomic E-state index is -5.08. The molecule has 4 aromatic carbocycles. The van der Waals surface area contributed by atoms with Crippen molar-refractivity contribution < 1.29 is 84.4 Å². The summed E-state index contributed by atoms with van der Waals surface area (Å²) in [5.41, 5.74) is 10.6. The molecule has 2 aromatic heterocycles. The van der Waals surface area contributed by atoms with Gasteiger partial charge in [0.05, 0.1) is 46.3 Å². The van der Waals surface area contributed by atoms with Crippen molar-refractivity contribution in [2.45, 2.75) is 52.6 Å². The number of alkyl carbamates (subject to hydrolysis) is 1. The first kappa shape index (κ1) is 71.2. The summed E-state index contributed by atoms with van der Waals surface area (Å²) in [5.74, 6) is -7.64. The number of nitrogens with one attached hydrogen (secondary N) is 7. The number of carbonyl (C=O) groups is 9. The van der Waals surface area contributed by atoms with E-state index in [4.69, 9.17) is 53.5 Å². The van der Waals surface area contributed by atoms with Crippen molar-refractivity contribution in [2.24, 2.45) is 5.73 Å². The first-order chi connectivity index (χ1) is 40.6. The van der Waals surface area contributed by atoms with E-state index in [2.05, 4.69) is 60.6 Å². The predicted molar refractivity (Wildman–Crippen MR) is 308 cm³/mol. The number of halogens is 8. The number of amides is 7. The number of nitrogens with two attached hydrogens (primary N) is 1. The number of nitrogens with zero attached hydrogens (tertiary/aromatic N) is 4. The molecule has 0 spiro atoms. The van der Waals surface area contributed by atoms with Gasteiger partial charge in [0.2, 0.25) is 11.8 Å². The summed E-state index contributed by atoms with van der Waals surface area (Å²) in [6.07, 6.45) is -5.56. The number of carboxylic acid groups (broad SMARTS) is 2. The Hall–Kier alpha value is -10.1. The molecule has 7 amide bonds. The molecule has 6 aromatic rings.